The summed E-state index contributed by atoms with van der Waals surface area (Å²) in [5.74, 6) is 2.43. The van der Waals surface area contributed by atoms with Gasteiger partial charge in [0.2, 0.25) is 0 Å². The van der Waals surface area contributed by atoms with Crippen LogP contribution in [0.15, 0.2) is 41.6 Å². The van der Waals surface area contributed by atoms with E-state index in [0.29, 0.717) is 10.9 Å². The van der Waals surface area contributed by atoms with Gasteiger partial charge in [0.1, 0.15) is 0 Å². The number of aromatic nitrogens is 3. The summed E-state index contributed by atoms with van der Waals surface area (Å²) in [6.07, 6.45) is 8.91. The van der Waals surface area contributed by atoms with E-state index in [1.54, 1.807) is 11.8 Å². The third-order valence-corrected chi connectivity index (χ3v) is 5.91. The van der Waals surface area contributed by atoms with Crippen molar-refractivity contribution in [3.8, 4) is 5.69 Å². The minimum atomic E-state index is 0.184. The van der Waals surface area contributed by atoms with Gasteiger partial charge in [0, 0.05) is 23.9 Å². The Morgan fingerprint density at radius 1 is 1.33 bits per heavy atom. The number of nitrogens with zero attached hydrogens (tertiary/aromatic N) is 4. The molecule has 7 heteroatoms. The molecule has 146 valence electrons. The summed E-state index contributed by atoms with van der Waals surface area (Å²) < 4.78 is 2.09. The van der Waals surface area contributed by atoms with E-state index in [1.165, 1.54) is 12.8 Å². The fraction of sp³-hybridized carbons (Fsp3) is 0.500. The summed E-state index contributed by atoms with van der Waals surface area (Å²) in [7, 11) is 2.15. The summed E-state index contributed by atoms with van der Waals surface area (Å²) in [4.78, 5) is 2.33. The average Bonchev–Trinajstić information content (AvgIpc) is 3.05. The Kier molecular flexibility index (Phi) is 7.76. The van der Waals surface area contributed by atoms with Crippen LogP contribution in [-0.2, 0) is 6.54 Å². The van der Waals surface area contributed by atoms with E-state index >= 15 is 0 Å². The molecule has 0 spiro atoms. The van der Waals surface area contributed by atoms with E-state index in [1.807, 2.05) is 24.3 Å². The molecule has 1 atom stereocenters. The zero-order valence-corrected chi connectivity index (χ0v) is 17.3. The number of allylic oxidation sites excluding steroid dienone is 2. The van der Waals surface area contributed by atoms with Gasteiger partial charge < -0.3 is 5.11 Å². The molecule has 1 N–H and O–H groups in total. The highest BCUT2D eigenvalue weighted by Gasteiger charge is 2.18. The van der Waals surface area contributed by atoms with Crippen molar-refractivity contribution in [1.82, 2.24) is 19.7 Å². The lowest BCUT2D eigenvalue weighted by Crippen LogP contribution is -2.27. The Balaban J connectivity index is 1.77. The molecule has 2 aromatic rings. The fourth-order valence-corrected chi connectivity index (χ4v) is 4.45. The summed E-state index contributed by atoms with van der Waals surface area (Å²) in [5, 5.41) is 19.5. The summed E-state index contributed by atoms with van der Waals surface area (Å²) in [6.45, 7) is 1.98. The Morgan fingerprint density at radius 3 is 2.96 bits per heavy atom. The second-order valence-corrected chi connectivity index (χ2v) is 8.49. The molecule has 0 amide bonds. The number of halogens is 1. The first-order valence-corrected chi connectivity index (χ1v) is 10.8. The Labute approximate surface area is 170 Å². The van der Waals surface area contributed by atoms with Crippen LogP contribution in [0.4, 0.5) is 0 Å². The van der Waals surface area contributed by atoms with Gasteiger partial charge in [-0.05, 0) is 56.8 Å². The van der Waals surface area contributed by atoms with Crippen LogP contribution in [0.3, 0.4) is 0 Å². The molecule has 1 aromatic heterocycles. The normalized spacial score (nSPS) is 17.0. The Morgan fingerprint density at radius 2 is 2.22 bits per heavy atom. The number of aliphatic hydroxyl groups is 1. The first-order chi connectivity index (χ1) is 13.2. The van der Waals surface area contributed by atoms with E-state index in [2.05, 4.69) is 38.9 Å². The molecule has 3 rings (SSSR count). The van der Waals surface area contributed by atoms with Gasteiger partial charge >= 0.3 is 0 Å². The van der Waals surface area contributed by atoms with Crippen LogP contribution in [0.25, 0.3) is 5.69 Å². The van der Waals surface area contributed by atoms with E-state index in [4.69, 9.17) is 16.7 Å². The second kappa shape index (κ2) is 10.3. The summed E-state index contributed by atoms with van der Waals surface area (Å²) in [5.41, 5.74) is 0.975. The molecule has 1 aliphatic rings. The molecule has 0 bridgehead atoms. The van der Waals surface area contributed by atoms with Gasteiger partial charge in [0.05, 0.1) is 12.2 Å². The molecular weight excluding hydrogens is 380 g/mol. The van der Waals surface area contributed by atoms with Crippen LogP contribution in [0.2, 0.25) is 5.02 Å². The lowest BCUT2D eigenvalue weighted by atomic mass is 9.94. The zero-order chi connectivity index (χ0) is 19.1. The molecule has 1 aromatic carbocycles. The molecule has 0 radical (unpaired) electrons. The molecule has 1 heterocycles. The molecule has 0 saturated carbocycles. The van der Waals surface area contributed by atoms with E-state index in [9.17, 15) is 0 Å². The van der Waals surface area contributed by atoms with Crippen LogP contribution in [0.5, 0.6) is 0 Å². The average molecular weight is 407 g/mol. The van der Waals surface area contributed by atoms with Crippen molar-refractivity contribution in [3.05, 3.63) is 47.3 Å². The number of thioether (sulfide) groups is 1. The van der Waals surface area contributed by atoms with Crippen LogP contribution in [-0.4, -0.2) is 50.7 Å². The maximum atomic E-state index is 9.06. The van der Waals surface area contributed by atoms with Gasteiger partial charge in [-0.3, -0.25) is 9.47 Å². The second-order valence-electron chi connectivity index (χ2n) is 6.99. The van der Waals surface area contributed by atoms with Crippen LogP contribution < -0.4 is 0 Å². The first-order valence-electron chi connectivity index (χ1n) is 9.45. The molecule has 0 fully saturated rings. The maximum Gasteiger partial charge on any atom is 0.195 e. The third kappa shape index (κ3) is 5.82. The summed E-state index contributed by atoms with van der Waals surface area (Å²) in [6, 6.07) is 7.79. The van der Waals surface area contributed by atoms with Crippen molar-refractivity contribution >= 4 is 23.4 Å². The molecular formula is C20H27ClN4OS. The predicted octanol–water partition coefficient (Wildman–Crippen LogP) is 4.18. The van der Waals surface area contributed by atoms with Gasteiger partial charge in [0.25, 0.3) is 0 Å². The zero-order valence-electron chi connectivity index (χ0n) is 15.7. The minimum Gasteiger partial charge on any atom is -0.396 e. The third-order valence-electron chi connectivity index (χ3n) is 4.66. The Hall–Kier alpha value is -1.34. The van der Waals surface area contributed by atoms with Gasteiger partial charge in [-0.1, -0.05) is 41.6 Å². The van der Waals surface area contributed by atoms with Crippen molar-refractivity contribution in [2.24, 2.45) is 5.92 Å². The van der Waals surface area contributed by atoms with Crippen LogP contribution in [0, 0.1) is 5.92 Å². The smallest absolute Gasteiger partial charge is 0.195 e. The molecule has 1 aliphatic carbocycles. The predicted molar refractivity (Wildman–Crippen MR) is 112 cm³/mol. The Bertz CT molecular complexity index is 764. The van der Waals surface area contributed by atoms with Gasteiger partial charge in [-0.2, -0.15) is 0 Å². The van der Waals surface area contributed by atoms with Gasteiger partial charge in [-0.25, -0.2) is 0 Å². The van der Waals surface area contributed by atoms with Crippen molar-refractivity contribution in [2.45, 2.75) is 37.4 Å². The van der Waals surface area contributed by atoms with E-state index < -0.39 is 0 Å². The standard InChI is InChI=1S/C20H27ClN4OS/c1-24(14-16-7-3-2-4-8-16)15-19-22-23-20(27-12-6-11-26)25(19)18-10-5-9-17(21)13-18/h2-3,5,9-10,13,16,26H,4,6-8,11-12,14-15H2,1H3/t16-/m1/s1. The van der Waals surface area contributed by atoms with Crippen LogP contribution >= 0.6 is 23.4 Å². The van der Waals surface area contributed by atoms with Gasteiger partial charge in [0.15, 0.2) is 11.0 Å². The van der Waals surface area contributed by atoms with Crippen molar-refractivity contribution < 1.29 is 5.11 Å². The van der Waals surface area contributed by atoms with Crippen molar-refractivity contribution in [3.63, 3.8) is 0 Å². The van der Waals surface area contributed by atoms with Crippen molar-refractivity contribution in [2.75, 3.05) is 26.0 Å². The quantitative estimate of drug-likeness (QED) is 0.384. The molecule has 5 nitrogen and oxygen atoms in total. The maximum absolute atomic E-state index is 9.06. The molecule has 27 heavy (non-hydrogen) atoms. The molecule has 0 aliphatic heterocycles. The van der Waals surface area contributed by atoms with Crippen molar-refractivity contribution in [1.29, 1.82) is 0 Å². The van der Waals surface area contributed by atoms with E-state index in [-0.39, 0.29) is 6.61 Å². The number of hydrogen-bond acceptors (Lipinski definition) is 5. The van der Waals surface area contributed by atoms with Gasteiger partial charge in [-0.15, -0.1) is 10.2 Å². The van der Waals surface area contributed by atoms with Crippen LogP contribution in [0.1, 0.15) is 31.5 Å². The molecule has 0 saturated heterocycles. The highest BCUT2D eigenvalue weighted by molar-refractivity contribution is 7.99. The highest BCUT2D eigenvalue weighted by Crippen LogP contribution is 2.25. The number of benzene rings is 1. The van der Waals surface area contributed by atoms with E-state index in [0.717, 1.165) is 48.4 Å². The summed E-state index contributed by atoms with van der Waals surface area (Å²) >= 11 is 7.83. The SMILES string of the molecule is CN(Cc1nnc(SCCCO)n1-c1cccc(Cl)c1)C[C@@H]1CC=CCC1. The lowest BCUT2D eigenvalue weighted by Gasteiger charge is -2.24. The number of rotatable bonds is 9. The highest BCUT2D eigenvalue weighted by atomic mass is 35.5. The molecule has 0 unspecified atom stereocenters. The largest absolute Gasteiger partial charge is 0.396 e. The number of hydrogen-bond donors (Lipinski definition) is 1. The topological polar surface area (TPSA) is 54.2 Å². The minimum absolute atomic E-state index is 0.184. The lowest BCUT2D eigenvalue weighted by molar-refractivity contribution is 0.252. The fourth-order valence-electron chi connectivity index (χ4n) is 3.37. The first kappa shape index (κ1) is 20.4. The monoisotopic (exact) mass is 406 g/mol. The number of aliphatic hydroxyl groups excluding tert-OH is 1.